The molecular formula is C68H128O6. The van der Waals surface area contributed by atoms with E-state index >= 15 is 0 Å². The largest absolute Gasteiger partial charge is 0.462 e. The van der Waals surface area contributed by atoms with Gasteiger partial charge in [0, 0.05) is 19.3 Å². The van der Waals surface area contributed by atoms with Gasteiger partial charge >= 0.3 is 17.9 Å². The third-order valence-electron chi connectivity index (χ3n) is 15.2. The number of ether oxygens (including phenoxy) is 3. The van der Waals surface area contributed by atoms with Crippen molar-refractivity contribution in [2.45, 2.75) is 380 Å². The van der Waals surface area contributed by atoms with Crippen molar-refractivity contribution < 1.29 is 28.6 Å². The second-order valence-corrected chi connectivity index (χ2v) is 22.7. The molecule has 0 saturated heterocycles. The van der Waals surface area contributed by atoms with Gasteiger partial charge in [0.05, 0.1) is 0 Å². The Balaban J connectivity index is 4.25. The molecule has 0 aliphatic carbocycles. The number of carbonyl (C=O) groups excluding carboxylic acids is 3. The van der Waals surface area contributed by atoms with Crippen molar-refractivity contribution in [3.8, 4) is 0 Å². The van der Waals surface area contributed by atoms with Crippen molar-refractivity contribution in [3.63, 3.8) is 0 Å². The molecule has 0 amide bonds. The van der Waals surface area contributed by atoms with Crippen LogP contribution in [0.4, 0.5) is 0 Å². The highest BCUT2D eigenvalue weighted by Crippen LogP contribution is 2.18. The second-order valence-electron chi connectivity index (χ2n) is 22.7. The molecule has 0 rings (SSSR count). The average Bonchev–Trinajstić information content (AvgIpc) is 3.40. The summed E-state index contributed by atoms with van der Waals surface area (Å²) in [6.45, 7) is 6.68. The first-order chi connectivity index (χ1) is 36.5. The Kier molecular flexibility index (Phi) is 61.6. The lowest BCUT2D eigenvalue weighted by atomic mass is 10.0. The van der Waals surface area contributed by atoms with Crippen molar-refractivity contribution >= 4 is 17.9 Å². The number of hydrogen-bond donors (Lipinski definition) is 0. The molecule has 0 aromatic carbocycles. The van der Waals surface area contributed by atoms with Gasteiger partial charge in [0.1, 0.15) is 13.2 Å². The zero-order chi connectivity index (χ0) is 53.6. The molecule has 0 saturated carbocycles. The van der Waals surface area contributed by atoms with Gasteiger partial charge in [0.2, 0.25) is 0 Å². The highest BCUT2D eigenvalue weighted by molar-refractivity contribution is 5.71. The van der Waals surface area contributed by atoms with Crippen LogP contribution in [0.15, 0.2) is 24.3 Å². The third-order valence-corrected chi connectivity index (χ3v) is 15.2. The number of unbranched alkanes of at least 4 members (excludes halogenated alkanes) is 47. The normalized spacial score (nSPS) is 12.1. The summed E-state index contributed by atoms with van der Waals surface area (Å²) in [7, 11) is 0. The van der Waals surface area contributed by atoms with Crippen LogP contribution in [0.3, 0.4) is 0 Å². The highest BCUT2D eigenvalue weighted by Gasteiger charge is 2.19. The van der Waals surface area contributed by atoms with Crippen molar-refractivity contribution in [1.29, 1.82) is 0 Å². The number of allylic oxidation sites excluding steroid dienone is 4. The van der Waals surface area contributed by atoms with Crippen molar-refractivity contribution in [3.05, 3.63) is 24.3 Å². The minimum absolute atomic E-state index is 0.0695. The summed E-state index contributed by atoms with van der Waals surface area (Å²) in [5.41, 5.74) is 0. The Hall–Kier alpha value is -2.11. The van der Waals surface area contributed by atoms with Gasteiger partial charge in [-0.15, -0.1) is 0 Å². The fraction of sp³-hybridized carbons (Fsp3) is 0.897. The van der Waals surface area contributed by atoms with Crippen LogP contribution in [0.2, 0.25) is 0 Å². The fourth-order valence-electron chi connectivity index (χ4n) is 10.2. The SMILES string of the molecule is CCCCC/C=C\C/C=C\CCCCCCCC(=O)OCC(COC(=O)CCCCCCCCCCCCCCCCCCCCCCCCCC)OC(=O)CCCCCCCCCCCCCCCCCCC. The van der Waals surface area contributed by atoms with E-state index in [2.05, 4.69) is 45.1 Å². The molecule has 0 aliphatic rings. The van der Waals surface area contributed by atoms with E-state index in [4.69, 9.17) is 14.2 Å². The van der Waals surface area contributed by atoms with E-state index in [1.807, 2.05) is 0 Å². The lowest BCUT2D eigenvalue weighted by Crippen LogP contribution is -2.30. The molecule has 436 valence electrons. The maximum atomic E-state index is 12.9. The molecule has 74 heavy (non-hydrogen) atoms. The Morgan fingerprint density at radius 2 is 0.486 bits per heavy atom. The Morgan fingerprint density at radius 3 is 0.770 bits per heavy atom. The van der Waals surface area contributed by atoms with Gasteiger partial charge in [-0.05, 0) is 51.4 Å². The van der Waals surface area contributed by atoms with Crippen LogP contribution in [0.25, 0.3) is 0 Å². The number of carbonyl (C=O) groups is 3. The van der Waals surface area contributed by atoms with E-state index in [1.54, 1.807) is 0 Å². The van der Waals surface area contributed by atoms with Gasteiger partial charge < -0.3 is 14.2 Å². The lowest BCUT2D eigenvalue weighted by Gasteiger charge is -2.18. The van der Waals surface area contributed by atoms with Gasteiger partial charge in [0.25, 0.3) is 0 Å². The van der Waals surface area contributed by atoms with Gasteiger partial charge in [-0.3, -0.25) is 14.4 Å². The van der Waals surface area contributed by atoms with E-state index in [1.165, 1.54) is 257 Å². The average molecular weight is 1040 g/mol. The third kappa shape index (κ3) is 60.8. The summed E-state index contributed by atoms with van der Waals surface area (Å²) >= 11 is 0. The molecule has 0 aromatic rings. The molecule has 0 aromatic heterocycles. The number of hydrogen-bond acceptors (Lipinski definition) is 6. The van der Waals surface area contributed by atoms with E-state index in [0.29, 0.717) is 19.3 Å². The molecule has 0 heterocycles. The minimum atomic E-state index is -0.773. The molecule has 1 atom stereocenters. The van der Waals surface area contributed by atoms with Crippen LogP contribution in [0.5, 0.6) is 0 Å². The summed E-state index contributed by atoms with van der Waals surface area (Å²) in [4.78, 5) is 38.3. The fourth-order valence-corrected chi connectivity index (χ4v) is 10.2. The zero-order valence-electron chi connectivity index (χ0n) is 50.1. The standard InChI is InChI=1S/C68H128O6/c1-4-7-10-13-16-19-22-25-28-30-31-32-33-34-35-36-38-40-43-46-49-52-55-58-61-67(70)73-64-65(63-72-66(69)60-57-54-51-48-45-42-39-27-24-21-18-15-12-9-6-3)74-68(71)62-59-56-53-50-47-44-41-37-29-26-23-20-17-14-11-8-5-2/h18,21,27,39,65H,4-17,19-20,22-26,28-38,40-64H2,1-3H3/b21-18-,39-27-. The number of rotatable bonds is 62. The van der Waals surface area contributed by atoms with E-state index in [9.17, 15) is 14.4 Å². The molecule has 1 unspecified atom stereocenters. The number of esters is 3. The smallest absolute Gasteiger partial charge is 0.306 e. The zero-order valence-corrected chi connectivity index (χ0v) is 50.1. The Labute approximate surface area is 462 Å². The van der Waals surface area contributed by atoms with Gasteiger partial charge in [-0.1, -0.05) is 328 Å². The monoisotopic (exact) mass is 1040 g/mol. The first-order valence-electron chi connectivity index (χ1n) is 33.3. The minimum Gasteiger partial charge on any atom is -0.462 e. The second kappa shape index (κ2) is 63.4. The molecule has 0 N–H and O–H groups in total. The maximum Gasteiger partial charge on any atom is 0.306 e. The molecule has 0 aliphatic heterocycles. The van der Waals surface area contributed by atoms with Gasteiger partial charge in [-0.25, -0.2) is 0 Å². The summed E-state index contributed by atoms with van der Waals surface area (Å²) in [5, 5.41) is 0. The molecule has 6 nitrogen and oxygen atoms in total. The van der Waals surface area contributed by atoms with Gasteiger partial charge in [-0.2, -0.15) is 0 Å². The highest BCUT2D eigenvalue weighted by atomic mass is 16.6. The first-order valence-corrected chi connectivity index (χ1v) is 33.3. The molecule has 0 bridgehead atoms. The van der Waals surface area contributed by atoms with Crippen LogP contribution in [0.1, 0.15) is 374 Å². The van der Waals surface area contributed by atoms with Crippen LogP contribution in [0, 0.1) is 0 Å². The van der Waals surface area contributed by atoms with E-state index < -0.39 is 6.10 Å². The maximum absolute atomic E-state index is 12.9. The van der Waals surface area contributed by atoms with Crippen LogP contribution in [-0.4, -0.2) is 37.2 Å². The Bertz CT molecular complexity index is 1190. The first kappa shape index (κ1) is 71.9. The summed E-state index contributed by atoms with van der Waals surface area (Å²) in [6, 6.07) is 0. The van der Waals surface area contributed by atoms with Crippen molar-refractivity contribution in [1.82, 2.24) is 0 Å². The van der Waals surface area contributed by atoms with E-state index in [-0.39, 0.29) is 31.1 Å². The topological polar surface area (TPSA) is 78.9 Å². The molecule has 6 heteroatoms. The lowest BCUT2D eigenvalue weighted by molar-refractivity contribution is -0.167. The van der Waals surface area contributed by atoms with Gasteiger partial charge in [0.15, 0.2) is 6.10 Å². The van der Waals surface area contributed by atoms with Crippen LogP contribution < -0.4 is 0 Å². The molecule has 0 fully saturated rings. The molecule has 0 spiro atoms. The quantitative estimate of drug-likeness (QED) is 0.0261. The predicted molar refractivity (Wildman–Crippen MR) is 321 cm³/mol. The summed E-state index contributed by atoms with van der Waals surface area (Å²) in [6.07, 6.45) is 76.2. The Morgan fingerprint density at radius 1 is 0.270 bits per heavy atom. The molecule has 0 radical (unpaired) electrons. The van der Waals surface area contributed by atoms with Crippen molar-refractivity contribution in [2.75, 3.05) is 13.2 Å². The summed E-state index contributed by atoms with van der Waals surface area (Å²) in [5.74, 6) is -0.854. The van der Waals surface area contributed by atoms with Crippen molar-refractivity contribution in [2.24, 2.45) is 0 Å². The molecular weight excluding hydrogens is 913 g/mol. The van der Waals surface area contributed by atoms with E-state index in [0.717, 1.165) is 77.0 Å². The van der Waals surface area contributed by atoms with Crippen LogP contribution >= 0.6 is 0 Å². The predicted octanol–water partition coefficient (Wildman–Crippen LogP) is 22.6. The van der Waals surface area contributed by atoms with Crippen LogP contribution in [-0.2, 0) is 28.6 Å². The summed E-state index contributed by atoms with van der Waals surface area (Å²) < 4.78 is 17.0.